The van der Waals surface area contributed by atoms with Gasteiger partial charge in [-0.3, -0.25) is 39.1 Å². The molecule has 5 aliphatic heterocycles. The van der Waals surface area contributed by atoms with E-state index in [0.717, 1.165) is 81.2 Å². The second-order valence-corrected chi connectivity index (χ2v) is 17.1. The van der Waals surface area contributed by atoms with Crippen LogP contribution in [-0.4, -0.2) is 115 Å². The van der Waals surface area contributed by atoms with Gasteiger partial charge in [-0.25, -0.2) is 0 Å². The van der Waals surface area contributed by atoms with Crippen molar-refractivity contribution in [2.45, 2.75) is 69.6 Å². The molecule has 5 heterocycles. The Hall–Kier alpha value is -5.45. The fraction of sp³-hybridized carbons (Fsp3) is 0.455. The van der Waals surface area contributed by atoms with Crippen molar-refractivity contribution >= 4 is 52.5 Å². The summed E-state index contributed by atoms with van der Waals surface area (Å²) in [7, 11) is 0. The largest absolute Gasteiger partial charge is 0.490 e. The van der Waals surface area contributed by atoms with Crippen LogP contribution in [0.15, 0.2) is 60.7 Å². The Bertz CT molecular complexity index is 2190. The SMILES string of the molecule is N#Cc1ccc(OC2CCN(C(=O)c3ccc(N4CCN(C5CC6(CCN(c7ccc8c(c7)C(=O)N(C7CCC(=O)NC7=O)C8=O)CC6)C5)CC4)cc3)CC2)cc1Cl. The summed E-state index contributed by atoms with van der Waals surface area (Å²) in [5, 5.41) is 11.7. The average molecular weight is 804 g/mol. The van der Waals surface area contributed by atoms with Crippen LogP contribution in [-0.2, 0) is 9.59 Å². The maximum atomic E-state index is 13.4. The quantitative estimate of drug-likeness (QED) is 0.329. The van der Waals surface area contributed by atoms with Crippen LogP contribution in [0.1, 0.15) is 88.0 Å². The van der Waals surface area contributed by atoms with Crippen LogP contribution in [0, 0.1) is 16.7 Å². The standard InChI is InChI=1S/C44H46ClN7O6/c45-37-24-34(7-3-29(37)27-46)58-33-11-15-51(16-12-33)41(55)28-1-4-30(5-2-28)49-19-21-50(22-20-49)32-25-44(26-32)13-17-48(18-14-44)31-6-8-35-36(23-31)43(57)52(42(35)56)38-9-10-39(53)47-40(38)54/h1-8,23-24,32-33,38H,9-22,25-26H2,(H,47,53,54). The first-order valence-electron chi connectivity index (χ1n) is 20.4. The lowest BCUT2D eigenvalue weighted by atomic mass is 9.60. The summed E-state index contributed by atoms with van der Waals surface area (Å²) < 4.78 is 6.10. The van der Waals surface area contributed by atoms with Crippen LogP contribution in [0.3, 0.4) is 0 Å². The van der Waals surface area contributed by atoms with E-state index in [0.29, 0.717) is 57.6 Å². The van der Waals surface area contributed by atoms with E-state index in [-0.39, 0.29) is 30.8 Å². The lowest BCUT2D eigenvalue weighted by molar-refractivity contribution is -0.136. The molecular weight excluding hydrogens is 758 g/mol. The second-order valence-electron chi connectivity index (χ2n) is 16.7. The summed E-state index contributed by atoms with van der Waals surface area (Å²) >= 11 is 6.16. The van der Waals surface area contributed by atoms with E-state index in [9.17, 15) is 24.0 Å². The van der Waals surface area contributed by atoms with Gasteiger partial charge in [-0.05, 0) is 92.1 Å². The predicted molar refractivity (Wildman–Crippen MR) is 216 cm³/mol. The van der Waals surface area contributed by atoms with Crippen molar-refractivity contribution in [2.75, 3.05) is 62.2 Å². The minimum atomic E-state index is -0.964. The van der Waals surface area contributed by atoms with Crippen molar-refractivity contribution in [1.29, 1.82) is 5.26 Å². The molecule has 4 saturated heterocycles. The summed E-state index contributed by atoms with van der Waals surface area (Å²) in [6.45, 7) is 6.93. The molecule has 1 spiro atoms. The Morgan fingerprint density at radius 3 is 2.12 bits per heavy atom. The number of nitrogens with one attached hydrogen (secondary N) is 1. The van der Waals surface area contributed by atoms with Gasteiger partial charge in [0, 0.05) is 101 Å². The maximum absolute atomic E-state index is 13.4. The minimum absolute atomic E-state index is 0.0122. The molecule has 3 aromatic carbocycles. The Balaban J connectivity index is 0.713. The number of rotatable bonds is 7. The third-order valence-electron chi connectivity index (χ3n) is 13.4. The van der Waals surface area contributed by atoms with Crippen molar-refractivity contribution in [3.05, 3.63) is 87.9 Å². The molecule has 1 unspecified atom stereocenters. The normalized spacial score (nSPS) is 22.8. The first-order chi connectivity index (χ1) is 28.1. The van der Waals surface area contributed by atoms with Crippen LogP contribution in [0.2, 0.25) is 5.02 Å². The predicted octanol–water partition coefficient (Wildman–Crippen LogP) is 4.87. The van der Waals surface area contributed by atoms with E-state index in [1.54, 1.807) is 30.3 Å². The molecular formula is C44H46ClN7O6. The van der Waals surface area contributed by atoms with Gasteiger partial charge >= 0.3 is 0 Å². The zero-order chi connectivity index (χ0) is 40.1. The van der Waals surface area contributed by atoms with Gasteiger partial charge in [0.15, 0.2) is 0 Å². The fourth-order valence-corrected chi connectivity index (χ4v) is 10.1. The van der Waals surface area contributed by atoms with Gasteiger partial charge in [0.25, 0.3) is 17.7 Å². The smallest absolute Gasteiger partial charge is 0.262 e. The van der Waals surface area contributed by atoms with Gasteiger partial charge in [0.2, 0.25) is 11.8 Å². The number of imide groups is 2. The summed E-state index contributed by atoms with van der Waals surface area (Å²) in [4.78, 5) is 74.2. The number of benzene rings is 3. The lowest BCUT2D eigenvalue weighted by Gasteiger charge is -2.56. The molecule has 9 rings (SSSR count). The molecule has 0 aromatic heterocycles. The highest BCUT2D eigenvalue weighted by atomic mass is 35.5. The zero-order valence-electron chi connectivity index (χ0n) is 32.3. The van der Waals surface area contributed by atoms with Crippen molar-refractivity contribution in [3.8, 4) is 11.8 Å². The van der Waals surface area contributed by atoms with Crippen LogP contribution in [0.5, 0.6) is 5.75 Å². The van der Waals surface area contributed by atoms with E-state index in [4.69, 9.17) is 21.6 Å². The molecule has 0 radical (unpaired) electrons. The minimum Gasteiger partial charge on any atom is -0.490 e. The van der Waals surface area contributed by atoms with Gasteiger partial charge in [0.1, 0.15) is 24.0 Å². The number of fused-ring (bicyclic) bond motifs is 1. The number of nitriles is 1. The molecule has 1 N–H and O–H groups in total. The number of ether oxygens (including phenoxy) is 1. The van der Waals surface area contributed by atoms with Gasteiger partial charge < -0.3 is 19.4 Å². The molecule has 5 fully saturated rings. The molecule has 6 aliphatic rings. The number of piperidine rings is 3. The van der Waals surface area contributed by atoms with Crippen molar-refractivity contribution in [3.63, 3.8) is 0 Å². The average Bonchev–Trinajstić information content (AvgIpc) is 3.48. The number of hydrogen-bond acceptors (Lipinski definition) is 10. The molecule has 3 aromatic rings. The fourth-order valence-electron chi connectivity index (χ4n) is 9.87. The Morgan fingerprint density at radius 2 is 1.45 bits per heavy atom. The lowest BCUT2D eigenvalue weighted by Crippen LogP contribution is -2.59. The van der Waals surface area contributed by atoms with E-state index in [1.807, 2.05) is 23.1 Å². The first kappa shape index (κ1) is 38.1. The second kappa shape index (κ2) is 15.4. The number of piperazine rings is 1. The molecule has 300 valence electrons. The first-order valence-corrected chi connectivity index (χ1v) is 20.8. The van der Waals surface area contributed by atoms with E-state index < -0.39 is 23.8 Å². The number of hydrogen-bond donors (Lipinski definition) is 1. The number of carbonyl (C=O) groups is 5. The van der Waals surface area contributed by atoms with Gasteiger partial charge in [-0.15, -0.1) is 0 Å². The van der Waals surface area contributed by atoms with Gasteiger partial charge in [0.05, 0.1) is 21.7 Å². The number of anilines is 2. The summed E-state index contributed by atoms with van der Waals surface area (Å²) in [6, 6.07) is 20.2. The summed E-state index contributed by atoms with van der Waals surface area (Å²) in [5.74, 6) is -1.26. The topological polar surface area (TPSA) is 147 Å². The third kappa shape index (κ3) is 7.17. The molecule has 1 aliphatic carbocycles. The Kier molecular flexibility index (Phi) is 10.1. The number of carbonyl (C=O) groups excluding carboxylic acids is 5. The molecule has 58 heavy (non-hydrogen) atoms. The highest BCUT2D eigenvalue weighted by Gasteiger charge is 2.49. The van der Waals surface area contributed by atoms with E-state index in [2.05, 4.69) is 38.2 Å². The number of amides is 5. The zero-order valence-corrected chi connectivity index (χ0v) is 33.1. The van der Waals surface area contributed by atoms with E-state index >= 15 is 0 Å². The highest BCUT2D eigenvalue weighted by molar-refractivity contribution is 6.31. The van der Waals surface area contributed by atoms with Crippen LogP contribution < -0.4 is 19.9 Å². The van der Waals surface area contributed by atoms with Gasteiger partial charge in [-0.1, -0.05) is 11.6 Å². The molecule has 1 atom stereocenters. The highest BCUT2D eigenvalue weighted by Crippen LogP contribution is 2.51. The third-order valence-corrected chi connectivity index (χ3v) is 13.7. The monoisotopic (exact) mass is 803 g/mol. The van der Waals surface area contributed by atoms with E-state index in [1.165, 1.54) is 12.8 Å². The Labute approximate surface area is 342 Å². The van der Waals surface area contributed by atoms with Crippen LogP contribution >= 0.6 is 11.6 Å². The number of likely N-dealkylation sites (tertiary alicyclic amines) is 1. The van der Waals surface area contributed by atoms with Crippen LogP contribution in [0.4, 0.5) is 11.4 Å². The molecule has 0 bridgehead atoms. The van der Waals surface area contributed by atoms with Gasteiger partial charge in [-0.2, -0.15) is 5.26 Å². The van der Waals surface area contributed by atoms with Crippen molar-refractivity contribution in [2.24, 2.45) is 5.41 Å². The number of halogens is 1. The molecule has 13 nitrogen and oxygen atoms in total. The van der Waals surface area contributed by atoms with Crippen molar-refractivity contribution < 1.29 is 28.7 Å². The summed E-state index contributed by atoms with van der Waals surface area (Å²) in [5.41, 5.74) is 4.15. The maximum Gasteiger partial charge on any atom is 0.262 e. The van der Waals surface area contributed by atoms with Crippen molar-refractivity contribution in [1.82, 2.24) is 20.0 Å². The Morgan fingerprint density at radius 1 is 0.776 bits per heavy atom. The van der Waals surface area contributed by atoms with Crippen LogP contribution in [0.25, 0.3) is 0 Å². The molecule has 5 amide bonds. The number of nitrogens with zero attached hydrogens (tertiary/aromatic N) is 6. The molecule has 1 saturated carbocycles. The summed E-state index contributed by atoms with van der Waals surface area (Å²) in [6.07, 6.45) is 6.25. The molecule has 14 heteroatoms.